The van der Waals surface area contributed by atoms with Crippen molar-refractivity contribution in [2.45, 2.75) is 18.9 Å². The lowest BCUT2D eigenvalue weighted by molar-refractivity contribution is -0.121. The normalized spacial score (nSPS) is 12.8. The van der Waals surface area contributed by atoms with E-state index < -0.39 is 18.1 Å². The molecule has 1 amide bonds. The number of hydrogen-bond donors (Lipinski definition) is 3. The molecule has 0 spiro atoms. The van der Waals surface area contributed by atoms with Gasteiger partial charge in [0.05, 0.1) is 13.2 Å². The van der Waals surface area contributed by atoms with Gasteiger partial charge in [0.15, 0.2) is 0 Å². The quantitative estimate of drug-likeness (QED) is 0.548. The summed E-state index contributed by atoms with van der Waals surface area (Å²) in [6.45, 7) is 1.60. The molecule has 6 heteroatoms. The maximum absolute atomic E-state index is 12.0. The number of nitrogens with zero attached hydrogens (tertiary/aromatic N) is 1. The molecule has 150 valence electrons. The van der Waals surface area contributed by atoms with E-state index >= 15 is 0 Å². The summed E-state index contributed by atoms with van der Waals surface area (Å²) in [5.41, 5.74) is 8.48. The maximum atomic E-state index is 12.0. The topological polar surface area (TPSA) is 97.5 Å². The van der Waals surface area contributed by atoms with Crippen LogP contribution in [0.25, 0.3) is 11.1 Å². The van der Waals surface area contributed by atoms with Crippen molar-refractivity contribution in [1.82, 2.24) is 4.98 Å². The number of aliphatic hydroxyl groups excluding tert-OH is 1. The smallest absolute Gasteiger partial charge is 0.246 e. The maximum Gasteiger partial charge on any atom is 0.246 e. The number of amides is 1. The molecule has 0 aliphatic carbocycles. The number of pyridine rings is 1. The van der Waals surface area contributed by atoms with E-state index in [2.05, 4.69) is 34.6 Å². The summed E-state index contributed by atoms with van der Waals surface area (Å²) >= 11 is 0. The first kappa shape index (κ1) is 20.5. The second-order valence-electron chi connectivity index (χ2n) is 7.09. The van der Waals surface area contributed by atoms with Gasteiger partial charge in [-0.15, -0.1) is 0 Å². The van der Waals surface area contributed by atoms with E-state index in [-0.39, 0.29) is 0 Å². The van der Waals surface area contributed by atoms with Gasteiger partial charge in [-0.3, -0.25) is 9.78 Å². The molecule has 0 aliphatic heterocycles. The summed E-state index contributed by atoms with van der Waals surface area (Å²) < 4.78 is 5.79. The summed E-state index contributed by atoms with van der Waals surface area (Å²) in [5.74, 6) is 0.276. The Morgan fingerprint density at radius 2 is 1.66 bits per heavy atom. The van der Waals surface area contributed by atoms with Gasteiger partial charge in [-0.2, -0.15) is 0 Å². The second kappa shape index (κ2) is 9.32. The molecule has 4 N–H and O–H groups in total. The van der Waals surface area contributed by atoms with Gasteiger partial charge < -0.3 is 20.9 Å². The number of carbonyl (C=O) groups excluding carboxylic acids is 1. The average Bonchev–Trinajstić information content (AvgIpc) is 2.76. The van der Waals surface area contributed by atoms with Crippen LogP contribution in [0.2, 0.25) is 0 Å². The fourth-order valence-electron chi connectivity index (χ4n) is 2.68. The standard InChI is InChI=1S/C23H25N3O3/c1-23(24,16-27)22(28)26-20-6-8-21(9-7-20)29-15-12-17-2-4-18(5-3-17)19-10-13-25-14-11-19/h2-11,13-14,27H,12,15-16,24H2,1H3,(H,26,28). The van der Waals surface area contributed by atoms with E-state index in [1.165, 1.54) is 12.5 Å². The number of carbonyl (C=O) groups is 1. The Bertz CT molecular complexity index is 924. The lowest BCUT2D eigenvalue weighted by Crippen LogP contribution is -2.51. The number of aromatic nitrogens is 1. The Labute approximate surface area is 170 Å². The van der Waals surface area contributed by atoms with Gasteiger partial charge in [-0.05, 0) is 60.0 Å². The lowest BCUT2D eigenvalue weighted by atomic mass is 10.0. The van der Waals surface area contributed by atoms with E-state index in [0.717, 1.165) is 17.5 Å². The highest BCUT2D eigenvalue weighted by Crippen LogP contribution is 2.20. The summed E-state index contributed by atoms with van der Waals surface area (Å²) in [4.78, 5) is 16.0. The molecule has 1 atom stereocenters. The minimum absolute atomic E-state index is 0.427. The van der Waals surface area contributed by atoms with Crippen LogP contribution in [-0.2, 0) is 11.2 Å². The van der Waals surface area contributed by atoms with Crippen LogP contribution < -0.4 is 15.8 Å². The first-order chi connectivity index (χ1) is 14.0. The first-order valence-corrected chi connectivity index (χ1v) is 9.41. The summed E-state index contributed by atoms with van der Waals surface area (Å²) in [5, 5.41) is 11.8. The number of aliphatic hydroxyl groups is 1. The molecular weight excluding hydrogens is 366 g/mol. The highest BCUT2D eigenvalue weighted by molar-refractivity contribution is 5.97. The van der Waals surface area contributed by atoms with Crippen molar-refractivity contribution in [2.75, 3.05) is 18.5 Å². The Morgan fingerprint density at radius 3 is 2.28 bits per heavy atom. The van der Waals surface area contributed by atoms with E-state index in [9.17, 15) is 4.79 Å². The highest BCUT2D eigenvalue weighted by atomic mass is 16.5. The van der Waals surface area contributed by atoms with Crippen molar-refractivity contribution in [3.05, 3.63) is 78.6 Å². The minimum atomic E-state index is -1.32. The van der Waals surface area contributed by atoms with Crippen molar-refractivity contribution in [3.8, 4) is 16.9 Å². The van der Waals surface area contributed by atoms with Gasteiger partial charge in [0.1, 0.15) is 11.3 Å². The monoisotopic (exact) mass is 391 g/mol. The molecule has 0 aliphatic rings. The fraction of sp³-hybridized carbons (Fsp3) is 0.217. The van der Waals surface area contributed by atoms with Crippen LogP contribution in [0.3, 0.4) is 0 Å². The minimum Gasteiger partial charge on any atom is -0.493 e. The van der Waals surface area contributed by atoms with Gasteiger partial charge in [0.25, 0.3) is 0 Å². The number of nitrogens with two attached hydrogens (primary N) is 1. The van der Waals surface area contributed by atoms with Crippen LogP contribution in [0, 0.1) is 0 Å². The van der Waals surface area contributed by atoms with Crippen LogP contribution in [0.4, 0.5) is 5.69 Å². The number of ether oxygens (including phenoxy) is 1. The number of anilines is 1. The van der Waals surface area contributed by atoms with Gasteiger partial charge in [-0.1, -0.05) is 24.3 Å². The number of hydrogen-bond acceptors (Lipinski definition) is 5. The Hall–Kier alpha value is -3.22. The third-order valence-corrected chi connectivity index (χ3v) is 4.59. The molecule has 0 saturated heterocycles. The SMILES string of the molecule is CC(N)(CO)C(=O)Nc1ccc(OCCc2ccc(-c3ccncc3)cc2)cc1. The van der Waals surface area contributed by atoms with Crippen LogP contribution in [0.15, 0.2) is 73.1 Å². The van der Waals surface area contributed by atoms with Gasteiger partial charge in [0.2, 0.25) is 5.91 Å². The second-order valence-corrected chi connectivity index (χ2v) is 7.09. The summed E-state index contributed by atoms with van der Waals surface area (Å²) in [7, 11) is 0. The molecule has 3 aromatic rings. The molecule has 2 aromatic carbocycles. The zero-order valence-electron chi connectivity index (χ0n) is 16.3. The Balaban J connectivity index is 1.49. The summed E-state index contributed by atoms with van der Waals surface area (Å²) in [6.07, 6.45) is 4.36. The van der Waals surface area contributed by atoms with Gasteiger partial charge in [0, 0.05) is 24.5 Å². The number of rotatable bonds is 8. The molecule has 0 saturated carbocycles. The molecule has 3 rings (SSSR count). The van der Waals surface area contributed by atoms with Crippen molar-refractivity contribution in [3.63, 3.8) is 0 Å². The molecule has 1 aromatic heterocycles. The molecule has 6 nitrogen and oxygen atoms in total. The third-order valence-electron chi connectivity index (χ3n) is 4.59. The molecular formula is C23H25N3O3. The average molecular weight is 391 g/mol. The molecule has 0 radical (unpaired) electrons. The molecule has 29 heavy (non-hydrogen) atoms. The van der Waals surface area contributed by atoms with Gasteiger partial charge in [-0.25, -0.2) is 0 Å². The van der Waals surface area contributed by atoms with Crippen LogP contribution in [-0.4, -0.2) is 34.8 Å². The highest BCUT2D eigenvalue weighted by Gasteiger charge is 2.27. The first-order valence-electron chi connectivity index (χ1n) is 9.41. The zero-order valence-corrected chi connectivity index (χ0v) is 16.3. The predicted molar refractivity (Wildman–Crippen MR) is 114 cm³/mol. The van der Waals surface area contributed by atoms with Crippen molar-refractivity contribution >= 4 is 11.6 Å². The Morgan fingerprint density at radius 1 is 1.03 bits per heavy atom. The van der Waals surface area contributed by atoms with Crippen LogP contribution in [0.5, 0.6) is 5.75 Å². The molecule has 0 bridgehead atoms. The lowest BCUT2D eigenvalue weighted by Gasteiger charge is -2.20. The van der Waals surface area contributed by atoms with Crippen molar-refractivity contribution < 1.29 is 14.6 Å². The fourth-order valence-corrected chi connectivity index (χ4v) is 2.68. The van der Waals surface area contributed by atoms with Crippen LogP contribution >= 0.6 is 0 Å². The summed E-state index contributed by atoms with van der Waals surface area (Å²) in [6, 6.07) is 19.4. The van der Waals surface area contributed by atoms with E-state index in [4.69, 9.17) is 15.6 Å². The predicted octanol–water partition coefficient (Wildman–Crippen LogP) is 3.02. The van der Waals surface area contributed by atoms with Crippen molar-refractivity contribution in [1.29, 1.82) is 0 Å². The third kappa shape index (κ3) is 5.63. The van der Waals surface area contributed by atoms with Gasteiger partial charge >= 0.3 is 0 Å². The van der Waals surface area contributed by atoms with E-state index in [0.29, 0.717) is 18.0 Å². The zero-order chi connectivity index (χ0) is 20.7. The van der Waals surface area contributed by atoms with E-state index in [1.807, 2.05) is 12.1 Å². The number of nitrogens with one attached hydrogen (secondary N) is 1. The van der Waals surface area contributed by atoms with Crippen LogP contribution in [0.1, 0.15) is 12.5 Å². The largest absolute Gasteiger partial charge is 0.493 e. The van der Waals surface area contributed by atoms with E-state index in [1.54, 1.807) is 36.7 Å². The Kier molecular flexibility index (Phi) is 6.59. The molecule has 1 heterocycles. The number of benzene rings is 2. The van der Waals surface area contributed by atoms with Crippen molar-refractivity contribution in [2.24, 2.45) is 5.73 Å². The molecule has 0 fully saturated rings. The molecule has 1 unspecified atom stereocenters.